The Morgan fingerprint density at radius 2 is 2.00 bits per heavy atom. The lowest BCUT2D eigenvalue weighted by atomic mass is 10.1. The smallest absolute Gasteiger partial charge is 0.315 e. The number of carbonyl (C=O) groups excluding carboxylic acids is 1. The summed E-state index contributed by atoms with van der Waals surface area (Å²) in [5.74, 6) is 1.15. The number of urea groups is 1. The van der Waals surface area contributed by atoms with Gasteiger partial charge in [-0.25, -0.2) is 4.79 Å². The number of nitrogens with one attached hydrogen (secondary N) is 2. The Kier molecular flexibility index (Phi) is 7.06. The van der Waals surface area contributed by atoms with Gasteiger partial charge in [-0.1, -0.05) is 31.2 Å². The Balaban J connectivity index is 1.63. The van der Waals surface area contributed by atoms with Crippen LogP contribution in [0.5, 0.6) is 0 Å². The Hall–Kier alpha value is -1.20. The van der Waals surface area contributed by atoms with Crippen molar-refractivity contribution in [2.24, 2.45) is 0 Å². The van der Waals surface area contributed by atoms with Crippen molar-refractivity contribution < 1.29 is 9.90 Å². The van der Waals surface area contributed by atoms with Gasteiger partial charge in [0.25, 0.3) is 0 Å². The molecule has 2 atom stereocenters. The molecule has 1 aliphatic rings. The maximum absolute atomic E-state index is 11.9. The molecule has 1 aromatic rings. The average Bonchev–Trinajstić information content (AvgIpc) is 2.95. The van der Waals surface area contributed by atoms with Gasteiger partial charge in [-0.2, -0.15) is 11.8 Å². The summed E-state index contributed by atoms with van der Waals surface area (Å²) < 4.78 is 0. The molecule has 22 heavy (non-hydrogen) atoms. The summed E-state index contributed by atoms with van der Waals surface area (Å²) in [7, 11) is 0. The number of hydrogen-bond acceptors (Lipinski definition) is 3. The van der Waals surface area contributed by atoms with Crippen LogP contribution in [-0.2, 0) is 13.0 Å². The van der Waals surface area contributed by atoms with E-state index in [2.05, 4.69) is 17.6 Å². The maximum Gasteiger partial charge on any atom is 0.315 e. The Bertz CT molecular complexity index is 464. The van der Waals surface area contributed by atoms with Gasteiger partial charge in [-0.3, -0.25) is 0 Å². The molecule has 0 aromatic heterocycles. The summed E-state index contributed by atoms with van der Waals surface area (Å²) in [6, 6.07) is 8.09. The Morgan fingerprint density at radius 1 is 1.27 bits per heavy atom. The molecule has 0 bridgehead atoms. The van der Waals surface area contributed by atoms with Gasteiger partial charge >= 0.3 is 6.03 Å². The minimum absolute atomic E-state index is 0.0564. The van der Waals surface area contributed by atoms with Gasteiger partial charge in [0.05, 0.1) is 6.61 Å². The number of rotatable bonds is 7. The number of thioether (sulfide) groups is 1. The van der Waals surface area contributed by atoms with Crippen molar-refractivity contribution in [2.45, 2.75) is 50.5 Å². The Labute approximate surface area is 137 Å². The zero-order valence-electron chi connectivity index (χ0n) is 13.2. The molecule has 0 saturated heterocycles. The first-order valence-electron chi connectivity index (χ1n) is 8.06. The van der Waals surface area contributed by atoms with Crippen LogP contribution < -0.4 is 10.6 Å². The number of amides is 2. The summed E-state index contributed by atoms with van der Waals surface area (Å²) in [5, 5.41) is 15.7. The van der Waals surface area contributed by atoms with E-state index in [1.807, 2.05) is 36.0 Å². The number of carbonyl (C=O) groups is 1. The van der Waals surface area contributed by atoms with Crippen molar-refractivity contribution in [1.82, 2.24) is 10.6 Å². The van der Waals surface area contributed by atoms with Gasteiger partial charge < -0.3 is 15.7 Å². The lowest BCUT2D eigenvalue weighted by Crippen LogP contribution is -2.41. The second-order valence-corrected chi connectivity index (χ2v) is 7.29. The molecule has 4 nitrogen and oxygen atoms in total. The first-order valence-corrected chi connectivity index (χ1v) is 9.10. The van der Waals surface area contributed by atoms with Crippen LogP contribution in [0.4, 0.5) is 4.79 Å². The van der Waals surface area contributed by atoms with Gasteiger partial charge in [-0.15, -0.1) is 0 Å². The zero-order valence-corrected chi connectivity index (χ0v) is 14.0. The lowest BCUT2D eigenvalue weighted by molar-refractivity contribution is 0.237. The van der Waals surface area contributed by atoms with E-state index in [0.29, 0.717) is 17.8 Å². The molecule has 2 amide bonds. The molecule has 0 heterocycles. The molecular formula is C17H26N2O2S. The van der Waals surface area contributed by atoms with Crippen molar-refractivity contribution in [2.75, 3.05) is 12.3 Å². The summed E-state index contributed by atoms with van der Waals surface area (Å²) >= 11 is 2.00. The predicted octanol–water partition coefficient (Wildman–Crippen LogP) is 2.69. The zero-order chi connectivity index (χ0) is 15.8. The van der Waals surface area contributed by atoms with Gasteiger partial charge in [0, 0.05) is 17.8 Å². The normalized spacial score (nSPS) is 20.8. The number of aliphatic hydroxyl groups excluding tert-OH is 1. The predicted molar refractivity (Wildman–Crippen MR) is 92.2 cm³/mol. The van der Waals surface area contributed by atoms with E-state index in [1.165, 1.54) is 6.42 Å². The third-order valence-corrected chi connectivity index (χ3v) is 5.26. The Morgan fingerprint density at radius 3 is 2.68 bits per heavy atom. The summed E-state index contributed by atoms with van der Waals surface area (Å²) in [6.45, 7) is 2.88. The van der Waals surface area contributed by atoms with E-state index in [-0.39, 0.29) is 12.6 Å². The van der Waals surface area contributed by atoms with Gasteiger partial charge in [-0.05, 0) is 42.6 Å². The summed E-state index contributed by atoms with van der Waals surface area (Å²) in [5.41, 5.74) is 2.08. The summed E-state index contributed by atoms with van der Waals surface area (Å²) in [4.78, 5) is 11.9. The van der Waals surface area contributed by atoms with E-state index in [9.17, 15) is 4.79 Å². The van der Waals surface area contributed by atoms with Crippen LogP contribution in [0.1, 0.15) is 37.3 Å². The fourth-order valence-corrected chi connectivity index (χ4v) is 3.97. The van der Waals surface area contributed by atoms with Gasteiger partial charge in [0.1, 0.15) is 0 Å². The van der Waals surface area contributed by atoms with E-state index < -0.39 is 0 Å². The SMILES string of the molecule is CCSC1CCC(NC(=O)NCCc2ccc(CO)cc2)C1. The second-order valence-electron chi connectivity index (χ2n) is 5.71. The molecule has 5 heteroatoms. The van der Waals surface area contributed by atoms with E-state index in [0.717, 1.165) is 36.1 Å². The van der Waals surface area contributed by atoms with Crippen LogP contribution in [-0.4, -0.2) is 34.7 Å². The van der Waals surface area contributed by atoms with Crippen molar-refractivity contribution in [1.29, 1.82) is 0 Å². The first kappa shape index (κ1) is 17.2. The molecule has 0 aliphatic heterocycles. The van der Waals surface area contributed by atoms with E-state index >= 15 is 0 Å². The van der Waals surface area contributed by atoms with Crippen LogP contribution in [0.2, 0.25) is 0 Å². The molecule has 0 spiro atoms. The molecule has 3 N–H and O–H groups in total. The van der Waals surface area contributed by atoms with Crippen LogP contribution in [0, 0.1) is 0 Å². The average molecular weight is 322 g/mol. The highest BCUT2D eigenvalue weighted by atomic mass is 32.2. The third kappa shape index (κ3) is 5.54. The van der Waals surface area contributed by atoms with Gasteiger partial charge in [0.15, 0.2) is 0 Å². The van der Waals surface area contributed by atoms with E-state index in [1.54, 1.807) is 0 Å². The molecule has 2 unspecified atom stereocenters. The highest BCUT2D eigenvalue weighted by Crippen LogP contribution is 2.29. The topological polar surface area (TPSA) is 61.4 Å². The molecule has 1 aliphatic carbocycles. The standard InChI is InChI=1S/C17H26N2O2S/c1-2-22-16-8-7-15(11-16)19-17(21)18-10-9-13-3-5-14(12-20)6-4-13/h3-6,15-16,20H,2,7-12H2,1H3,(H2,18,19,21). The fraction of sp³-hybridized carbons (Fsp3) is 0.588. The highest BCUT2D eigenvalue weighted by molar-refractivity contribution is 7.99. The van der Waals surface area contributed by atoms with Crippen LogP contribution in [0.25, 0.3) is 0 Å². The van der Waals surface area contributed by atoms with Crippen LogP contribution in [0.15, 0.2) is 24.3 Å². The summed E-state index contributed by atoms with van der Waals surface area (Å²) in [6.07, 6.45) is 4.20. The fourth-order valence-electron chi connectivity index (χ4n) is 2.83. The molecule has 0 radical (unpaired) electrons. The molecule has 1 aromatic carbocycles. The maximum atomic E-state index is 11.9. The first-order chi connectivity index (χ1) is 10.7. The second kappa shape index (κ2) is 9.06. The monoisotopic (exact) mass is 322 g/mol. The quantitative estimate of drug-likeness (QED) is 0.723. The third-order valence-electron chi connectivity index (χ3n) is 4.03. The van der Waals surface area contributed by atoms with Crippen molar-refractivity contribution >= 4 is 17.8 Å². The van der Waals surface area contributed by atoms with E-state index in [4.69, 9.17) is 5.11 Å². The molecule has 1 fully saturated rings. The minimum Gasteiger partial charge on any atom is -0.392 e. The number of benzene rings is 1. The molecule has 122 valence electrons. The van der Waals surface area contributed by atoms with Crippen molar-refractivity contribution in [3.63, 3.8) is 0 Å². The van der Waals surface area contributed by atoms with Crippen molar-refractivity contribution in [3.8, 4) is 0 Å². The molecule has 1 saturated carbocycles. The molecular weight excluding hydrogens is 296 g/mol. The minimum atomic E-state index is -0.0564. The van der Waals surface area contributed by atoms with Crippen molar-refractivity contribution in [3.05, 3.63) is 35.4 Å². The highest BCUT2D eigenvalue weighted by Gasteiger charge is 2.25. The van der Waals surface area contributed by atoms with Crippen LogP contribution >= 0.6 is 11.8 Å². The largest absolute Gasteiger partial charge is 0.392 e. The van der Waals surface area contributed by atoms with Crippen LogP contribution in [0.3, 0.4) is 0 Å². The lowest BCUT2D eigenvalue weighted by Gasteiger charge is -2.14. The van der Waals surface area contributed by atoms with Gasteiger partial charge in [0.2, 0.25) is 0 Å². The number of hydrogen-bond donors (Lipinski definition) is 3. The number of aliphatic hydroxyl groups is 1. The molecule has 2 rings (SSSR count).